The van der Waals surface area contributed by atoms with Gasteiger partial charge in [-0.3, -0.25) is 9.59 Å². The van der Waals surface area contributed by atoms with Crippen LogP contribution < -0.4 is 10.9 Å². The number of hydrogen-bond acceptors (Lipinski definition) is 2. The van der Waals surface area contributed by atoms with E-state index < -0.39 is 0 Å². The van der Waals surface area contributed by atoms with Crippen molar-refractivity contribution in [3.05, 3.63) is 69.6 Å². The second-order valence-electron chi connectivity index (χ2n) is 4.76. The van der Waals surface area contributed by atoms with E-state index in [2.05, 4.69) is 11.2 Å². The molecule has 1 amide bonds. The topological polar surface area (TPSA) is 51.1 Å². The van der Waals surface area contributed by atoms with Crippen LogP contribution in [0.4, 0.5) is 0 Å². The van der Waals surface area contributed by atoms with Crippen LogP contribution in [0.15, 0.2) is 47.4 Å². The second-order valence-corrected chi connectivity index (χ2v) is 4.76. The molecule has 2 aromatic rings. The first kappa shape index (κ1) is 14.6. The lowest BCUT2D eigenvalue weighted by molar-refractivity contribution is 0.0958. The molecule has 0 spiro atoms. The van der Waals surface area contributed by atoms with Crippen molar-refractivity contribution in [1.29, 1.82) is 0 Å². The van der Waals surface area contributed by atoms with Gasteiger partial charge in [-0.2, -0.15) is 0 Å². The number of nitrogens with zero attached hydrogens (tertiary/aromatic N) is 1. The Morgan fingerprint density at radius 3 is 2.62 bits per heavy atom. The van der Waals surface area contributed by atoms with Crippen LogP contribution in [0.25, 0.3) is 0 Å². The van der Waals surface area contributed by atoms with Gasteiger partial charge in [-0.25, -0.2) is 0 Å². The third-order valence-electron chi connectivity index (χ3n) is 3.07. The highest BCUT2D eigenvalue weighted by atomic mass is 16.2. The summed E-state index contributed by atoms with van der Waals surface area (Å²) < 4.78 is 1.51. The lowest BCUT2D eigenvalue weighted by Crippen LogP contribution is -2.27. The molecule has 21 heavy (non-hydrogen) atoms. The SMILES string of the molecule is C#CCNC(=O)c1ccc(=O)n(Cc2ccc(C)cc2)c1. The zero-order valence-electron chi connectivity index (χ0n) is 11.8. The zero-order valence-corrected chi connectivity index (χ0v) is 11.8. The van der Waals surface area contributed by atoms with E-state index >= 15 is 0 Å². The highest BCUT2D eigenvalue weighted by Gasteiger charge is 2.07. The molecular weight excluding hydrogens is 264 g/mol. The maximum absolute atomic E-state index is 11.9. The van der Waals surface area contributed by atoms with Crippen LogP contribution in [-0.2, 0) is 6.54 Å². The Morgan fingerprint density at radius 1 is 1.24 bits per heavy atom. The highest BCUT2D eigenvalue weighted by Crippen LogP contribution is 2.05. The van der Waals surface area contributed by atoms with Crippen LogP contribution in [0.1, 0.15) is 21.5 Å². The zero-order chi connectivity index (χ0) is 15.2. The molecule has 1 aromatic heterocycles. The van der Waals surface area contributed by atoms with Gasteiger partial charge in [-0.15, -0.1) is 6.42 Å². The molecule has 0 unspecified atom stereocenters. The third kappa shape index (κ3) is 3.83. The van der Waals surface area contributed by atoms with Gasteiger partial charge in [0.05, 0.1) is 18.7 Å². The summed E-state index contributed by atoms with van der Waals surface area (Å²) in [6.45, 7) is 2.59. The van der Waals surface area contributed by atoms with Gasteiger partial charge in [0.2, 0.25) is 0 Å². The molecule has 0 saturated heterocycles. The molecule has 1 aromatic carbocycles. The molecule has 0 bridgehead atoms. The Morgan fingerprint density at radius 2 is 1.95 bits per heavy atom. The second kappa shape index (κ2) is 6.58. The fourth-order valence-electron chi connectivity index (χ4n) is 1.91. The minimum Gasteiger partial charge on any atom is -0.341 e. The molecule has 0 aliphatic rings. The van der Waals surface area contributed by atoms with E-state index in [1.54, 1.807) is 6.20 Å². The first-order valence-corrected chi connectivity index (χ1v) is 6.58. The summed E-state index contributed by atoms with van der Waals surface area (Å²) in [5.41, 5.74) is 2.43. The van der Waals surface area contributed by atoms with Crippen LogP contribution >= 0.6 is 0 Å². The summed E-state index contributed by atoms with van der Waals surface area (Å²) in [6, 6.07) is 10.8. The number of carbonyl (C=O) groups is 1. The monoisotopic (exact) mass is 280 g/mol. The number of aryl methyl sites for hydroxylation is 1. The van der Waals surface area contributed by atoms with Crippen LogP contribution in [0.5, 0.6) is 0 Å². The van der Waals surface area contributed by atoms with Crippen molar-refractivity contribution in [2.24, 2.45) is 0 Å². The molecular formula is C17H16N2O2. The Balaban J connectivity index is 2.23. The predicted octanol–water partition coefficient (Wildman–Crippen LogP) is 1.57. The van der Waals surface area contributed by atoms with E-state index in [1.807, 2.05) is 31.2 Å². The average Bonchev–Trinajstić information content (AvgIpc) is 2.49. The number of pyridine rings is 1. The van der Waals surface area contributed by atoms with E-state index in [9.17, 15) is 9.59 Å². The Bertz CT molecular complexity index is 737. The van der Waals surface area contributed by atoms with Crippen LogP contribution in [0.3, 0.4) is 0 Å². The molecule has 0 fully saturated rings. The van der Waals surface area contributed by atoms with Crippen molar-refractivity contribution in [2.75, 3.05) is 6.54 Å². The van der Waals surface area contributed by atoms with Crippen molar-refractivity contribution in [3.8, 4) is 12.3 Å². The van der Waals surface area contributed by atoms with Crippen LogP contribution in [-0.4, -0.2) is 17.0 Å². The maximum Gasteiger partial charge on any atom is 0.253 e. The van der Waals surface area contributed by atoms with Crippen molar-refractivity contribution in [2.45, 2.75) is 13.5 Å². The highest BCUT2D eigenvalue weighted by molar-refractivity contribution is 5.93. The lowest BCUT2D eigenvalue weighted by atomic mass is 10.1. The van der Waals surface area contributed by atoms with Gasteiger partial charge in [0.15, 0.2) is 0 Å². The Kier molecular flexibility index (Phi) is 4.57. The number of aromatic nitrogens is 1. The van der Waals surface area contributed by atoms with E-state index in [0.717, 1.165) is 11.1 Å². The molecule has 0 radical (unpaired) electrons. The van der Waals surface area contributed by atoms with Crippen molar-refractivity contribution >= 4 is 5.91 Å². The van der Waals surface area contributed by atoms with Crippen LogP contribution in [0, 0.1) is 19.3 Å². The largest absolute Gasteiger partial charge is 0.341 e. The van der Waals surface area contributed by atoms with Gasteiger partial charge in [0.25, 0.3) is 11.5 Å². The lowest BCUT2D eigenvalue weighted by Gasteiger charge is -2.08. The number of benzene rings is 1. The van der Waals surface area contributed by atoms with Crippen molar-refractivity contribution in [1.82, 2.24) is 9.88 Å². The minimum absolute atomic E-state index is 0.149. The molecule has 1 heterocycles. The molecule has 4 heteroatoms. The maximum atomic E-state index is 11.9. The molecule has 2 rings (SSSR count). The molecule has 0 atom stereocenters. The summed E-state index contributed by atoms with van der Waals surface area (Å²) >= 11 is 0. The molecule has 0 saturated carbocycles. The summed E-state index contributed by atoms with van der Waals surface area (Å²) in [7, 11) is 0. The normalized spacial score (nSPS) is 9.90. The molecule has 0 aliphatic carbocycles. The van der Waals surface area contributed by atoms with Gasteiger partial charge in [-0.05, 0) is 18.6 Å². The number of terminal acetylenes is 1. The first-order chi connectivity index (χ1) is 10.1. The summed E-state index contributed by atoms with van der Waals surface area (Å²) in [4.78, 5) is 23.7. The number of amides is 1. The standard InChI is InChI=1S/C17H16N2O2/c1-3-10-18-17(21)15-8-9-16(20)19(12-15)11-14-6-4-13(2)5-7-14/h1,4-9,12H,10-11H2,2H3,(H,18,21). The Labute approximate surface area is 123 Å². The van der Waals surface area contributed by atoms with Crippen molar-refractivity contribution < 1.29 is 4.79 Å². The van der Waals surface area contributed by atoms with E-state index in [0.29, 0.717) is 12.1 Å². The summed E-state index contributed by atoms with van der Waals surface area (Å²) in [5.74, 6) is 2.05. The van der Waals surface area contributed by atoms with E-state index in [1.165, 1.54) is 16.7 Å². The molecule has 106 valence electrons. The summed E-state index contributed by atoms with van der Waals surface area (Å²) in [6.07, 6.45) is 6.65. The minimum atomic E-state index is -0.286. The average molecular weight is 280 g/mol. The quantitative estimate of drug-likeness (QED) is 0.864. The van der Waals surface area contributed by atoms with Gasteiger partial charge in [0.1, 0.15) is 0 Å². The van der Waals surface area contributed by atoms with Crippen molar-refractivity contribution in [3.63, 3.8) is 0 Å². The predicted molar refractivity (Wildman–Crippen MR) is 82.1 cm³/mol. The van der Waals surface area contributed by atoms with Crippen LogP contribution in [0.2, 0.25) is 0 Å². The van der Waals surface area contributed by atoms with Gasteiger partial charge >= 0.3 is 0 Å². The fraction of sp³-hybridized carbons (Fsp3) is 0.176. The third-order valence-corrected chi connectivity index (χ3v) is 3.07. The fourth-order valence-corrected chi connectivity index (χ4v) is 1.91. The van der Waals surface area contributed by atoms with Gasteiger partial charge < -0.3 is 9.88 Å². The summed E-state index contributed by atoms with van der Waals surface area (Å²) in [5, 5.41) is 2.58. The van der Waals surface area contributed by atoms with Gasteiger partial charge in [-0.1, -0.05) is 35.7 Å². The number of rotatable bonds is 4. The number of carbonyl (C=O) groups excluding carboxylic acids is 1. The molecule has 0 aliphatic heterocycles. The van der Waals surface area contributed by atoms with E-state index in [4.69, 9.17) is 6.42 Å². The molecule has 1 N–H and O–H groups in total. The number of nitrogens with one attached hydrogen (secondary N) is 1. The Hall–Kier alpha value is -2.80. The van der Waals surface area contributed by atoms with Gasteiger partial charge in [0, 0.05) is 12.3 Å². The van der Waals surface area contributed by atoms with E-state index in [-0.39, 0.29) is 18.0 Å². The molecule has 4 nitrogen and oxygen atoms in total. The number of hydrogen-bond donors (Lipinski definition) is 1. The smallest absolute Gasteiger partial charge is 0.253 e. The first-order valence-electron chi connectivity index (χ1n) is 6.58.